The number of carbonyl (C=O) groups excluding carboxylic acids is 1. The van der Waals surface area contributed by atoms with Gasteiger partial charge in [-0.3, -0.25) is 4.90 Å². The molecule has 2 aromatic carbocycles. The summed E-state index contributed by atoms with van der Waals surface area (Å²) in [4.78, 5) is 27.6. The van der Waals surface area contributed by atoms with Gasteiger partial charge in [-0.1, -0.05) is 60.7 Å². The number of carboxylic acid groups (broad SMARTS) is 1. The molecule has 3 rings (SSSR count). The van der Waals surface area contributed by atoms with Crippen LogP contribution in [-0.4, -0.2) is 70.1 Å². The molecule has 2 N–H and O–H groups in total. The van der Waals surface area contributed by atoms with Gasteiger partial charge in [-0.05, 0) is 24.5 Å². The van der Waals surface area contributed by atoms with Crippen molar-refractivity contribution in [2.45, 2.75) is 44.7 Å². The molecule has 32 heavy (non-hydrogen) atoms. The molecule has 2 amide bonds. The van der Waals surface area contributed by atoms with Crippen molar-refractivity contribution >= 4 is 12.2 Å². The molecule has 172 valence electrons. The monoisotopic (exact) mass is 442 g/mol. The van der Waals surface area contributed by atoms with Crippen LogP contribution < -0.4 is 0 Å². The van der Waals surface area contributed by atoms with Crippen LogP contribution in [0, 0.1) is 0 Å². The molecule has 8 heteroatoms. The number of aliphatic hydroxyl groups excluding tert-OH is 1. The lowest BCUT2D eigenvalue weighted by Gasteiger charge is -2.42. The van der Waals surface area contributed by atoms with Gasteiger partial charge in [-0.25, -0.2) is 9.59 Å². The van der Waals surface area contributed by atoms with Crippen molar-refractivity contribution in [1.29, 1.82) is 0 Å². The molecule has 0 saturated carbocycles. The fourth-order valence-electron chi connectivity index (χ4n) is 3.76. The summed E-state index contributed by atoms with van der Waals surface area (Å²) in [6.07, 6.45) is -2.40. The first-order chi connectivity index (χ1) is 15.4. The van der Waals surface area contributed by atoms with Gasteiger partial charge in [0.2, 0.25) is 0 Å². The lowest BCUT2D eigenvalue weighted by molar-refractivity contribution is -0.0738. The van der Waals surface area contributed by atoms with Gasteiger partial charge < -0.3 is 24.6 Å². The van der Waals surface area contributed by atoms with Crippen molar-refractivity contribution in [1.82, 2.24) is 9.80 Å². The number of carbonyl (C=O) groups is 2. The second kappa shape index (κ2) is 11.5. The van der Waals surface area contributed by atoms with Gasteiger partial charge in [0, 0.05) is 13.1 Å². The number of hydrogen-bond donors (Lipinski definition) is 2. The number of piperidine rings is 1. The van der Waals surface area contributed by atoms with Crippen LogP contribution in [-0.2, 0) is 22.6 Å². The van der Waals surface area contributed by atoms with E-state index < -0.39 is 30.4 Å². The molecule has 0 radical (unpaired) electrons. The van der Waals surface area contributed by atoms with Crippen LogP contribution in [0.5, 0.6) is 0 Å². The Kier molecular flexibility index (Phi) is 8.47. The van der Waals surface area contributed by atoms with Gasteiger partial charge in [-0.2, -0.15) is 0 Å². The molecule has 1 heterocycles. The maximum atomic E-state index is 13.2. The summed E-state index contributed by atoms with van der Waals surface area (Å²) in [6.45, 7) is 2.49. The van der Waals surface area contributed by atoms with Gasteiger partial charge in [0.25, 0.3) is 0 Å². The highest BCUT2D eigenvalue weighted by molar-refractivity contribution is 5.69. The van der Waals surface area contributed by atoms with Gasteiger partial charge in [0.1, 0.15) is 6.61 Å². The predicted octanol–water partition coefficient (Wildman–Crippen LogP) is 3.34. The van der Waals surface area contributed by atoms with Crippen molar-refractivity contribution in [3.8, 4) is 0 Å². The molecule has 0 aliphatic carbocycles. The van der Waals surface area contributed by atoms with Gasteiger partial charge >= 0.3 is 12.2 Å². The van der Waals surface area contributed by atoms with Crippen molar-refractivity contribution in [2.75, 3.05) is 19.7 Å². The summed E-state index contributed by atoms with van der Waals surface area (Å²) >= 11 is 0. The zero-order valence-corrected chi connectivity index (χ0v) is 18.2. The largest absolute Gasteiger partial charge is 0.465 e. The number of nitrogens with zero attached hydrogens (tertiary/aromatic N) is 2. The van der Waals surface area contributed by atoms with Crippen molar-refractivity contribution in [3.05, 3.63) is 71.8 Å². The van der Waals surface area contributed by atoms with E-state index in [1.54, 1.807) is 11.8 Å². The molecule has 1 fully saturated rings. The van der Waals surface area contributed by atoms with Crippen molar-refractivity contribution in [2.24, 2.45) is 0 Å². The molecular formula is C24H30N2O6. The van der Waals surface area contributed by atoms with Crippen LogP contribution in [0.3, 0.4) is 0 Å². The summed E-state index contributed by atoms with van der Waals surface area (Å²) in [7, 11) is 0. The maximum Gasteiger partial charge on any atom is 0.410 e. The number of likely N-dealkylation sites (tertiary alicyclic amines) is 1. The van der Waals surface area contributed by atoms with E-state index in [1.807, 2.05) is 60.7 Å². The lowest BCUT2D eigenvalue weighted by Crippen LogP contribution is -2.57. The highest BCUT2D eigenvalue weighted by Crippen LogP contribution is 2.24. The standard InChI is InChI=1S/C24H30N2O6/c1-18(27)16-31-22-15-25(23(28)29)13-12-21(22)26(14-19-8-4-2-5-9-19)24(30)32-17-20-10-6-3-7-11-20/h2-11,18,21-22,27H,12-17H2,1H3,(H,28,29). The average molecular weight is 443 g/mol. The van der Waals surface area contributed by atoms with Crippen molar-refractivity contribution in [3.63, 3.8) is 0 Å². The summed E-state index contributed by atoms with van der Waals surface area (Å²) < 4.78 is 11.5. The number of hydrogen-bond acceptors (Lipinski definition) is 5. The number of ether oxygens (including phenoxy) is 2. The SMILES string of the molecule is CC(O)COC1CN(C(=O)O)CCC1N(Cc1ccccc1)C(=O)OCc1ccccc1. The zero-order valence-electron chi connectivity index (χ0n) is 18.2. The molecule has 0 spiro atoms. The topological polar surface area (TPSA) is 99.5 Å². The summed E-state index contributed by atoms with van der Waals surface area (Å²) in [5.74, 6) is 0. The molecule has 3 unspecified atom stereocenters. The highest BCUT2D eigenvalue weighted by Gasteiger charge is 2.38. The number of rotatable bonds is 8. The Labute approximate surface area is 188 Å². The van der Waals surface area contributed by atoms with Gasteiger partial charge in [0.15, 0.2) is 0 Å². The first-order valence-corrected chi connectivity index (χ1v) is 10.7. The Hall–Kier alpha value is -3.10. The van der Waals surface area contributed by atoms with Crippen LogP contribution in [0.25, 0.3) is 0 Å². The molecule has 0 aromatic heterocycles. The minimum Gasteiger partial charge on any atom is -0.465 e. The normalized spacial score (nSPS) is 19.2. The van der Waals surface area contributed by atoms with Crippen LogP contribution >= 0.6 is 0 Å². The minimum absolute atomic E-state index is 0.0485. The summed E-state index contributed by atoms with van der Waals surface area (Å²) in [5.41, 5.74) is 1.81. The molecule has 1 aliphatic heterocycles. The molecule has 3 atom stereocenters. The second-order valence-electron chi connectivity index (χ2n) is 7.96. The van der Waals surface area contributed by atoms with Crippen LogP contribution in [0.15, 0.2) is 60.7 Å². The van der Waals surface area contributed by atoms with E-state index in [2.05, 4.69) is 0 Å². The highest BCUT2D eigenvalue weighted by atomic mass is 16.6. The van der Waals surface area contributed by atoms with E-state index in [-0.39, 0.29) is 26.3 Å². The lowest BCUT2D eigenvalue weighted by atomic mass is 9.99. The molecular weight excluding hydrogens is 412 g/mol. The predicted molar refractivity (Wildman–Crippen MR) is 118 cm³/mol. The molecule has 1 aliphatic rings. The van der Waals surface area contributed by atoms with E-state index in [4.69, 9.17) is 9.47 Å². The first kappa shape index (κ1) is 23.6. The van der Waals surface area contributed by atoms with Crippen LogP contribution in [0.2, 0.25) is 0 Å². The smallest absolute Gasteiger partial charge is 0.410 e. The molecule has 0 bridgehead atoms. The Morgan fingerprint density at radius 3 is 2.31 bits per heavy atom. The zero-order chi connectivity index (χ0) is 22.9. The summed E-state index contributed by atoms with van der Waals surface area (Å²) in [5, 5.41) is 19.1. The Morgan fingerprint density at radius 1 is 1.09 bits per heavy atom. The average Bonchev–Trinajstić information content (AvgIpc) is 2.81. The number of aliphatic hydroxyl groups is 1. The van der Waals surface area contributed by atoms with Gasteiger partial charge in [-0.15, -0.1) is 0 Å². The van der Waals surface area contributed by atoms with Crippen molar-refractivity contribution < 1.29 is 29.3 Å². The van der Waals surface area contributed by atoms with E-state index in [1.165, 1.54) is 4.90 Å². The third-order valence-corrected chi connectivity index (χ3v) is 5.38. The minimum atomic E-state index is -1.03. The number of benzene rings is 2. The third-order valence-electron chi connectivity index (χ3n) is 5.38. The molecule has 8 nitrogen and oxygen atoms in total. The van der Waals surface area contributed by atoms with Crippen LogP contribution in [0.4, 0.5) is 9.59 Å². The second-order valence-corrected chi connectivity index (χ2v) is 7.96. The molecule has 2 aromatic rings. The fourth-order valence-corrected chi connectivity index (χ4v) is 3.76. The van der Waals surface area contributed by atoms with Gasteiger partial charge in [0.05, 0.1) is 31.4 Å². The van der Waals surface area contributed by atoms with E-state index in [9.17, 15) is 19.8 Å². The fraction of sp³-hybridized carbons (Fsp3) is 0.417. The van der Waals surface area contributed by atoms with E-state index in [0.29, 0.717) is 13.0 Å². The third kappa shape index (κ3) is 6.70. The quantitative estimate of drug-likeness (QED) is 0.651. The first-order valence-electron chi connectivity index (χ1n) is 10.7. The number of amides is 2. The molecule has 1 saturated heterocycles. The van der Waals surface area contributed by atoms with Crippen LogP contribution in [0.1, 0.15) is 24.5 Å². The summed E-state index contributed by atoms with van der Waals surface area (Å²) in [6, 6.07) is 18.6. The maximum absolute atomic E-state index is 13.2. The Bertz CT molecular complexity index is 861. The Morgan fingerprint density at radius 2 is 1.72 bits per heavy atom. The van der Waals surface area contributed by atoms with E-state index in [0.717, 1.165) is 11.1 Å². The Balaban J connectivity index is 1.80. The van der Waals surface area contributed by atoms with E-state index >= 15 is 0 Å².